The third-order valence-corrected chi connectivity index (χ3v) is 6.34. The summed E-state index contributed by atoms with van der Waals surface area (Å²) < 4.78 is 65.8. The first-order chi connectivity index (χ1) is 15.0. The van der Waals surface area contributed by atoms with E-state index in [0.29, 0.717) is 30.0 Å². The Labute approximate surface area is 181 Å². The number of carbonyl (C=O) groups excluding carboxylic acids is 1. The van der Waals surface area contributed by atoms with E-state index < -0.39 is 42.9 Å². The molecule has 176 valence electrons. The lowest BCUT2D eigenvalue weighted by Gasteiger charge is -2.31. The molecular weight excluding hydrogens is 433 g/mol. The van der Waals surface area contributed by atoms with Crippen LogP contribution < -0.4 is 11.1 Å². The van der Waals surface area contributed by atoms with Gasteiger partial charge in [-0.2, -0.15) is 13.2 Å². The predicted octanol–water partition coefficient (Wildman–Crippen LogP) is 4.46. The molecule has 2 atom stereocenters. The third kappa shape index (κ3) is 5.54. The highest BCUT2D eigenvalue weighted by Gasteiger charge is 2.38. The van der Waals surface area contributed by atoms with Crippen LogP contribution in [-0.4, -0.2) is 32.4 Å². The first-order valence-corrected chi connectivity index (χ1v) is 10.9. The normalized spacial score (nSPS) is 21.4. The highest BCUT2D eigenvalue weighted by Crippen LogP contribution is 2.42. The molecule has 0 saturated heterocycles. The molecule has 0 bridgehead atoms. The van der Waals surface area contributed by atoms with Gasteiger partial charge in [0.1, 0.15) is 0 Å². The van der Waals surface area contributed by atoms with E-state index in [1.54, 1.807) is 22.9 Å². The standard InChI is InChI=1S/C21H26F5N5O/c22-20(23)7-3-12(4-8-20)17(27)15-11-31-10-6-14(28-19(31)29-15)18(13-1-2-13)30-16(32)5-9-21(24,25)26/h6,10-13,17-18H,1-5,7-9,27H2,(H,30,32)/t17-,18?/m0/s1. The summed E-state index contributed by atoms with van der Waals surface area (Å²) >= 11 is 0. The average Bonchev–Trinajstić information content (AvgIpc) is 3.47. The van der Waals surface area contributed by atoms with E-state index in [1.165, 1.54) is 0 Å². The van der Waals surface area contributed by atoms with Crippen LogP contribution in [0, 0.1) is 11.8 Å². The molecule has 11 heteroatoms. The monoisotopic (exact) mass is 459 g/mol. The van der Waals surface area contributed by atoms with Crippen LogP contribution in [0.2, 0.25) is 0 Å². The van der Waals surface area contributed by atoms with E-state index in [0.717, 1.165) is 12.8 Å². The van der Waals surface area contributed by atoms with E-state index in [-0.39, 0.29) is 24.7 Å². The zero-order valence-corrected chi connectivity index (χ0v) is 17.4. The fourth-order valence-electron chi connectivity index (χ4n) is 4.26. The molecule has 1 unspecified atom stereocenters. The van der Waals surface area contributed by atoms with E-state index in [1.807, 2.05) is 0 Å². The lowest BCUT2D eigenvalue weighted by atomic mass is 9.81. The van der Waals surface area contributed by atoms with E-state index in [4.69, 9.17) is 5.73 Å². The minimum Gasteiger partial charge on any atom is -0.347 e. The number of imidazole rings is 1. The second kappa shape index (κ2) is 8.57. The van der Waals surface area contributed by atoms with Crippen molar-refractivity contribution in [2.75, 3.05) is 0 Å². The van der Waals surface area contributed by atoms with Gasteiger partial charge in [-0.25, -0.2) is 18.7 Å². The van der Waals surface area contributed by atoms with Crippen molar-refractivity contribution >= 4 is 11.7 Å². The fraction of sp³-hybridized carbons (Fsp3) is 0.667. The van der Waals surface area contributed by atoms with Crippen molar-refractivity contribution in [2.24, 2.45) is 17.6 Å². The molecule has 4 rings (SSSR count). The summed E-state index contributed by atoms with van der Waals surface area (Å²) in [6.07, 6.45) is -0.746. The number of aromatic nitrogens is 3. The summed E-state index contributed by atoms with van der Waals surface area (Å²) in [6.45, 7) is 0. The summed E-state index contributed by atoms with van der Waals surface area (Å²) in [5, 5.41) is 2.69. The number of hydrogen-bond donors (Lipinski definition) is 2. The largest absolute Gasteiger partial charge is 0.389 e. The number of nitrogens with one attached hydrogen (secondary N) is 1. The number of amides is 1. The van der Waals surface area contributed by atoms with Gasteiger partial charge in [0.25, 0.3) is 0 Å². The Balaban J connectivity index is 1.47. The molecule has 2 saturated carbocycles. The molecule has 2 fully saturated rings. The number of alkyl halides is 5. The van der Waals surface area contributed by atoms with Gasteiger partial charge >= 0.3 is 6.18 Å². The van der Waals surface area contributed by atoms with Crippen LogP contribution in [0.3, 0.4) is 0 Å². The fourth-order valence-corrected chi connectivity index (χ4v) is 4.26. The Morgan fingerprint density at radius 1 is 1.16 bits per heavy atom. The Kier molecular flexibility index (Phi) is 6.12. The Bertz CT molecular complexity index is 961. The number of fused-ring (bicyclic) bond motifs is 1. The molecule has 2 heterocycles. The lowest BCUT2D eigenvalue weighted by Crippen LogP contribution is -2.31. The van der Waals surface area contributed by atoms with Gasteiger partial charge in [0, 0.05) is 31.7 Å². The van der Waals surface area contributed by atoms with Gasteiger partial charge in [0.15, 0.2) is 0 Å². The SMILES string of the molecule is N[C@H](c1cn2ccc(C(NC(=O)CCC(F)(F)F)C3CC3)nc2n1)C1CCC(F)(F)CC1. The third-order valence-electron chi connectivity index (χ3n) is 6.34. The van der Waals surface area contributed by atoms with Crippen molar-refractivity contribution in [1.29, 1.82) is 0 Å². The van der Waals surface area contributed by atoms with Gasteiger partial charge in [-0.15, -0.1) is 0 Å². The summed E-state index contributed by atoms with van der Waals surface area (Å²) in [7, 11) is 0. The van der Waals surface area contributed by atoms with Crippen molar-refractivity contribution in [2.45, 2.75) is 75.5 Å². The van der Waals surface area contributed by atoms with Crippen LogP contribution in [0.25, 0.3) is 5.78 Å². The van der Waals surface area contributed by atoms with Crippen molar-refractivity contribution in [1.82, 2.24) is 19.7 Å². The van der Waals surface area contributed by atoms with Crippen molar-refractivity contribution in [3.8, 4) is 0 Å². The van der Waals surface area contributed by atoms with Crippen molar-refractivity contribution in [3.63, 3.8) is 0 Å². The number of nitrogens with zero attached hydrogens (tertiary/aromatic N) is 3. The highest BCUT2D eigenvalue weighted by atomic mass is 19.4. The molecule has 6 nitrogen and oxygen atoms in total. The minimum atomic E-state index is -4.39. The quantitative estimate of drug-likeness (QED) is 0.599. The van der Waals surface area contributed by atoms with E-state index in [2.05, 4.69) is 15.3 Å². The predicted molar refractivity (Wildman–Crippen MR) is 106 cm³/mol. The maximum absolute atomic E-state index is 13.4. The Morgan fingerprint density at radius 2 is 1.81 bits per heavy atom. The average molecular weight is 459 g/mol. The molecule has 0 radical (unpaired) electrons. The van der Waals surface area contributed by atoms with Gasteiger partial charge in [0.2, 0.25) is 17.6 Å². The van der Waals surface area contributed by atoms with Crippen LogP contribution in [0.4, 0.5) is 22.0 Å². The van der Waals surface area contributed by atoms with Gasteiger partial charge < -0.3 is 11.1 Å². The van der Waals surface area contributed by atoms with Gasteiger partial charge in [-0.3, -0.25) is 9.20 Å². The van der Waals surface area contributed by atoms with Crippen molar-refractivity contribution in [3.05, 3.63) is 29.8 Å². The molecule has 0 aromatic carbocycles. The summed E-state index contributed by atoms with van der Waals surface area (Å²) in [5.41, 5.74) is 7.40. The molecule has 1 amide bonds. The zero-order chi connectivity index (χ0) is 23.1. The molecule has 0 spiro atoms. The molecule has 2 aliphatic rings. The molecular formula is C21H26F5N5O. The number of halogens is 5. The van der Waals surface area contributed by atoms with E-state index in [9.17, 15) is 26.7 Å². The van der Waals surface area contributed by atoms with Crippen molar-refractivity contribution < 1.29 is 26.7 Å². The first-order valence-electron chi connectivity index (χ1n) is 10.9. The maximum Gasteiger partial charge on any atom is 0.389 e. The van der Waals surface area contributed by atoms with Gasteiger partial charge in [-0.1, -0.05) is 0 Å². The first kappa shape index (κ1) is 22.9. The second-order valence-corrected chi connectivity index (χ2v) is 8.94. The molecule has 0 aliphatic heterocycles. The van der Waals surface area contributed by atoms with Crippen LogP contribution in [0.15, 0.2) is 18.5 Å². The maximum atomic E-state index is 13.4. The highest BCUT2D eigenvalue weighted by molar-refractivity contribution is 5.76. The molecule has 3 N–H and O–H groups in total. The van der Waals surface area contributed by atoms with Gasteiger partial charge in [-0.05, 0) is 43.6 Å². The summed E-state index contributed by atoms with van der Waals surface area (Å²) in [5.74, 6) is -2.91. The molecule has 2 aromatic heterocycles. The molecule has 2 aliphatic carbocycles. The van der Waals surface area contributed by atoms with Crippen LogP contribution in [-0.2, 0) is 4.79 Å². The zero-order valence-electron chi connectivity index (χ0n) is 17.4. The Morgan fingerprint density at radius 3 is 2.44 bits per heavy atom. The number of carbonyl (C=O) groups is 1. The molecule has 2 aromatic rings. The van der Waals surface area contributed by atoms with Crippen LogP contribution >= 0.6 is 0 Å². The number of hydrogen-bond acceptors (Lipinski definition) is 4. The number of nitrogens with two attached hydrogens (primary N) is 1. The number of rotatable bonds is 7. The topological polar surface area (TPSA) is 85.3 Å². The minimum absolute atomic E-state index is 0.0915. The Hall–Kier alpha value is -2.30. The van der Waals surface area contributed by atoms with Crippen LogP contribution in [0.1, 0.15) is 74.8 Å². The summed E-state index contributed by atoms with van der Waals surface area (Å²) in [6, 6.07) is 0.741. The van der Waals surface area contributed by atoms with E-state index >= 15 is 0 Å². The van der Waals surface area contributed by atoms with Gasteiger partial charge in [0.05, 0.1) is 29.9 Å². The summed E-state index contributed by atoms with van der Waals surface area (Å²) in [4.78, 5) is 21.0. The smallest absolute Gasteiger partial charge is 0.347 e. The van der Waals surface area contributed by atoms with Crippen LogP contribution in [0.5, 0.6) is 0 Å². The second-order valence-electron chi connectivity index (χ2n) is 8.94. The molecule has 32 heavy (non-hydrogen) atoms. The lowest BCUT2D eigenvalue weighted by molar-refractivity contribution is -0.144.